The van der Waals surface area contributed by atoms with E-state index in [0.717, 1.165) is 68.9 Å². The molecule has 10 heteroatoms. The fraction of sp³-hybridized carbons (Fsp3) is 0.500. The standard InChI is InChI=1S/C30H35F3N6O/c1-20-6-4-9-37(15-20)16-22-12-25(30(31,32)33)26-18-38(28(40)39(26)17-22)24-11-21(2)10-23(13-24)29(7-5-8-29)14-27-35-34-19-36(27)3/h10-13,17-20H,4-9,14-16H2,1-3H3/q+1/t20-/m0/s1. The summed E-state index contributed by atoms with van der Waals surface area (Å²) in [6.07, 6.45) is 6.84. The highest BCUT2D eigenvalue weighted by molar-refractivity contribution is 5.58. The number of benzene rings is 1. The normalized spacial score (nSPS) is 21.6. The maximum absolute atomic E-state index is 14.3. The predicted octanol–water partition coefficient (Wildman–Crippen LogP) is 6.09. The molecule has 2 aromatic heterocycles. The molecule has 0 bridgehead atoms. The van der Waals surface area contributed by atoms with Crippen LogP contribution >= 0.6 is 0 Å². The molecule has 1 radical (unpaired) electrons. The third kappa shape index (κ3) is 4.91. The molecule has 6 rings (SSSR count). The number of halogens is 3. The number of alkyl halides is 3. The van der Waals surface area contributed by atoms with Crippen molar-refractivity contribution in [1.82, 2.24) is 13.9 Å². The lowest BCUT2D eigenvalue weighted by Gasteiger charge is -2.43. The Hall–Kier alpha value is -3.27. The smallest absolute Gasteiger partial charge is 0.299 e. The minimum atomic E-state index is -4.58. The van der Waals surface area contributed by atoms with Gasteiger partial charge in [-0.25, -0.2) is 9.37 Å². The second kappa shape index (κ2) is 9.98. The van der Waals surface area contributed by atoms with Gasteiger partial charge in [0.05, 0.1) is 28.9 Å². The van der Waals surface area contributed by atoms with Crippen LogP contribution in [0, 0.1) is 19.0 Å². The monoisotopic (exact) mass is 552 g/mol. The van der Waals surface area contributed by atoms with E-state index in [-0.39, 0.29) is 10.9 Å². The molecule has 0 N–H and O–H groups in total. The van der Waals surface area contributed by atoms with E-state index in [0.29, 0.717) is 23.7 Å². The SMILES string of the molecule is Cc1cc(-n2cc3c(C(F)(F)F)cc(CN4CCC[C@H](C)C4)cn3c2=O)cc(C2(C[C]3N=NC=[N+]3C)CCC2)c1. The Kier molecular flexibility index (Phi) is 6.71. The maximum Gasteiger partial charge on any atom is 0.418 e. The number of piperidine rings is 1. The number of likely N-dealkylation sites (tertiary alicyclic amines) is 1. The number of nitrogens with zero attached hydrogens (tertiary/aromatic N) is 6. The maximum atomic E-state index is 14.3. The molecule has 0 spiro atoms. The van der Waals surface area contributed by atoms with Crippen molar-refractivity contribution in [3.63, 3.8) is 0 Å². The molecule has 1 aliphatic carbocycles. The van der Waals surface area contributed by atoms with Gasteiger partial charge in [-0.1, -0.05) is 19.4 Å². The fourth-order valence-electron chi connectivity index (χ4n) is 6.58. The van der Waals surface area contributed by atoms with Crippen molar-refractivity contribution in [2.45, 2.75) is 70.5 Å². The number of pyridine rings is 1. The zero-order valence-electron chi connectivity index (χ0n) is 23.2. The summed E-state index contributed by atoms with van der Waals surface area (Å²) in [5.41, 5.74) is 1.56. The van der Waals surface area contributed by atoms with E-state index in [9.17, 15) is 18.0 Å². The van der Waals surface area contributed by atoms with Crippen LogP contribution in [0.3, 0.4) is 0 Å². The number of aromatic nitrogens is 2. The Balaban J connectivity index is 1.41. The van der Waals surface area contributed by atoms with E-state index in [1.807, 2.05) is 30.7 Å². The molecule has 3 aliphatic rings. The molecule has 2 aliphatic heterocycles. The lowest BCUT2D eigenvalue weighted by molar-refractivity contribution is -0.477. The van der Waals surface area contributed by atoms with Gasteiger partial charge in [0.15, 0.2) is 0 Å². The molecule has 1 saturated carbocycles. The quantitative estimate of drug-likeness (QED) is 0.348. The highest BCUT2D eigenvalue weighted by Gasteiger charge is 2.44. The van der Waals surface area contributed by atoms with Gasteiger partial charge < -0.3 is 0 Å². The van der Waals surface area contributed by atoms with E-state index in [1.165, 1.54) is 21.2 Å². The van der Waals surface area contributed by atoms with Crippen molar-refractivity contribution in [2.75, 3.05) is 20.1 Å². The summed E-state index contributed by atoms with van der Waals surface area (Å²) in [7, 11) is 1.92. The zero-order valence-corrected chi connectivity index (χ0v) is 23.2. The van der Waals surface area contributed by atoms with Crippen LogP contribution in [-0.4, -0.2) is 44.9 Å². The van der Waals surface area contributed by atoms with Crippen LogP contribution in [0.15, 0.2) is 51.7 Å². The lowest BCUT2D eigenvalue weighted by Crippen LogP contribution is -2.37. The summed E-state index contributed by atoms with van der Waals surface area (Å²) < 4.78 is 47.3. The molecule has 1 saturated heterocycles. The van der Waals surface area contributed by atoms with E-state index in [1.54, 1.807) is 12.5 Å². The Morgan fingerprint density at radius 1 is 1.12 bits per heavy atom. The minimum Gasteiger partial charge on any atom is -0.299 e. The number of aryl methyl sites for hydroxylation is 1. The molecule has 1 aromatic carbocycles. The van der Waals surface area contributed by atoms with E-state index >= 15 is 0 Å². The zero-order chi connectivity index (χ0) is 28.2. The van der Waals surface area contributed by atoms with Gasteiger partial charge in [0, 0.05) is 37.3 Å². The Labute approximate surface area is 231 Å². The topological polar surface area (TPSA) is 57.4 Å². The largest absolute Gasteiger partial charge is 0.418 e. The third-order valence-electron chi connectivity index (χ3n) is 8.84. The Bertz CT molecular complexity index is 1560. The summed E-state index contributed by atoms with van der Waals surface area (Å²) in [5.74, 6) is 0.506. The molecule has 2 fully saturated rings. The van der Waals surface area contributed by atoms with E-state index in [4.69, 9.17) is 0 Å². The Morgan fingerprint density at radius 2 is 1.93 bits per heavy atom. The molecule has 1 atom stereocenters. The van der Waals surface area contributed by atoms with Gasteiger partial charge in [-0.3, -0.25) is 13.9 Å². The number of hydrogen-bond acceptors (Lipinski definition) is 4. The van der Waals surface area contributed by atoms with E-state index in [2.05, 4.69) is 28.1 Å². The number of hydrogen-bond donors (Lipinski definition) is 0. The first-order valence-corrected chi connectivity index (χ1v) is 14.0. The van der Waals surface area contributed by atoms with Crippen LogP contribution in [0.25, 0.3) is 11.2 Å². The second-order valence-corrected chi connectivity index (χ2v) is 12.0. The summed E-state index contributed by atoms with van der Waals surface area (Å²) in [4.78, 5) is 15.9. The van der Waals surface area contributed by atoms with Crippen molar-refractivity contribution < 1.29 is 17.7 Å². The number of azo groups is 1. The van der Waals surface area contributed by atoms with Crippen molar-refractivity contribution in [3.8, 4) is 5.69 Å². The fourth-order valence-corrected chi connectivity index (χ4v) is 6.58. The second-order valence-electron chi connectivity index (χ2n) is 12.0. The summed E-state index contributed by atoms with van der Waals surface area (Å²) in [6, 6.07) is 7.16. The lowest BCUT2D eigenvalue weighted by atomic mass is 9.62. The van der Waals surface area contributed by atoms with Crippen LogP contribution in [0.1, 0.15) is 67.7 Å². The summed E-state index contributed by atoms with van der Waals surface area (Å²) in [5, 5.41) is 8.31. The molecule has 0 unspecified atom stereocenters. The average molecular weight is 553 g/mol. The van der Waals surface area contributed by atoms with Crippen molar-refractivity contribution >= 4 is 11.9 Å². The van der Waals surface area contributed by atoms with Crippen LogP contribution < -0.4 is 5.69 Å². The van der Waals surface area contributed by atoms with Crippen molar-refractivity contribution in [2.24, 2.45) is 16.1 Å². The first kappa shape index (κ1) is 26.9. The predicted molar refractivity (Wildman–Crippen MR) is 147 cm³/mol. The molecule has 0 amide bonds. The van der Waals surface area contributed by atoms with Gasteiger partial charge >= 0.3 is 24.4 Å². The average Bonchev–Trinajstić information content (AvgIpc) is 3.42. The molecule has 40 heavy (non-hydrogen) atoms. The minimum absolute atomic E-state index is 0.131. The number of imidazole rings is 1. The highest BCUT2D eigenvalue weighted by atomic mass is 19.4. The van der Waals surface area contributed by atoms with Crippen LogP contribution in [0.4, 0.5) is 13.2 Å². The first-order chi connectivity index (χ1) is 19.0. The van der Waals surface area contributed by atoms with Crippen LogP contribution in [0.5, 0.6) is 0 Å². The highest BCUT2D eigenvalue weighted by Crippen LogP contribution is 2.49. The van der Waals surface area contributed by atoms with Gasteiger partial charge in [0.25, 0.3) is 0 Å². The number of rotatable bonds is 6. The summed E-state index contributed by atoms with van der Waals surface area (Å²) in [6.45, 7) is 6.21. The van der Waals surface area contributed by atoms with Crippen molar-refractivity contribution in [3.05, 3.63) is 75.6 Å². The molecular formula is C30H35F3N6O+. The van der Waals surface area contributed by atoms with Crippen LogP contribution in [-0.2, 0) is 18.1 Å². The van der Waals surface area contributed by atoms with Gasteiger partial charge in [-0.05, 0) is 85.1 Å². The van der Waals surface area contributed by atoms with E-state index < -0.39 is 17.4 Å². The van der Waals surface area contributed by atoms with Gasteiger partial charge in [-0.2, -0.15) is 13.2 Å². The number of fused-ring (bicyclic) bond motifs is 1. The van der Waals surface area contributed by atoms with Crippen molar-refractivity contribution in [1.29, 1.82) is 0 Å². The molecule has 4 heterocycles. The molecular weight excluding hydrogens is 517 g/mol. The third-order valence-corrected chi connectivity index (χ3v) is 8.84. The van der Waals surface area contributed by atoms with Gasteiger partial charge in [-0.15, -0.1) is 0 Å². The van der Waals surface area contributed by atoms with Gasteiger partial charge in [0.2, 0.25) is 0 Å². The molecule has 3 aromatic rings. The first-order valence-electron chi connectivity index (χ1n) is 14.0. The van der Waals surface area contributed by atoms with Crippen LogP contribution in [0.2, 0.25) is 0 Å². The van der Waals surface area contributed by atoms with Gasteiger partial charge in [0.1, 0.15) is 0 Å². The Morgan fingerprint density at radius 3 is 2.58 bits per heavy atom. The molecule has 211 valence electrons. The summed E-state index contributed by atoms with van der Waals surface area (Å²) >= 11 is 0. The molecule has 7 nitrogen and oxygen atoms in total.